The molecule has 1 aliphatic heterocycles. The van der Waals surface area contributed by atoms with Crippen LogP contribution in [0.25, 0.3) is 0 Å². The van der Waals surface area contributed by atoms with Gasteiger partial charge in [-0.05, 0) is 66.0 Å². The van der Waals surface area contributed by atoms with Crippen LogP contribution in [0.3, 0.4) is 0 Å². The number of carbonyl (C=O) groups excluding carboxylic acids is 1. The highest BCUT2D eigenvalue weighted by molar-refractivity contribution is 5.67. The quantitative estimate of drug-likeness (QED) is 0.638. The van der Waals surface area contributed by atoms with Crippen LogP contribution in [0.1, 0.15) is 53.4 Å². The highest BCUT2D eigenvalue weighted by atomic mass is 16.6. The average molecular weight is 344 g/mol. The van der Waals surface area contributed by atoms with Crippen molar-refractivity contribution >= 4 is 6.09 Å². The Morgan fingerprint density at radius 2 is 1.71 bits per heavy atom. The molecule has 0 aliphatic carbocycles. The van der Waals surface area contributed by atoms with E-state index in [-0.39, 0.29) is 17.3 Å². The van der Waals surface area contributed by atoms with Gasteiger partial charge in [0, 0.05) is 20.1 Å². The van der Waals surface area contributed by atoms with Gasteiger partial charge in [0.05, 0.1) is 24.4 Å². The van der Waals surface area contributed by atoms with Crippen LogP contribution in [0.4, 0.5) is 4.79 Å². The molecule has 1 amide bonds. The van der Waals surface area contributed by atoms with Crippen LogP contribution in [-0.2, 0) is 14.2 Å². The lowest BCUT2D eigenvalue weighted by atomic mass is 9.98. The first-order chi connectivity index (χ1) is 11.2. The van der Waals surface area contributed by atoms with Crippen LogP contribution < -0.4 is 10.6 Å². The first-order valence-electron chi connectivity index (χ1n) is 9.04. The smallest absolute Gasteiger partial charge is 0.407 e. The number of ether oxygens (including phenoxy) is 3. The Bertz CT molecular complexity index is 366. The molecule has 1 fully saturated rings. The zero-order valence-corrected chi connectivity index (χ0v) is 16.1. The highest BCUT2D eigenvalue weighted by Crippen LogP contribution is 2.19. The second-order valence-corrected chi connectivity index (χ2v) is 7.78. The summed E-state index contributed by atoms with van der Waals surface area (Å²) in [5.41, 5.74) is -0.500. The van der Waals surface area contributed by atoms with Crippen molar-refractivity contribution in [2.24, 2.45) is 5.92 Å². The minimum absolute atomic E-state index is 0.179. The van der Waals surface area contributed by atoms with Crippen molar-refractivity contribution in [1.82, 2.24) is 10.6 Å². The largest absolute Gasteiger partial charge is 0.449 e. The zero-order chi connectivity index (χ0) is 18.1. The number of alkyl carbamates (subject to hydrolysis) is 1. The van der Waals surface area contributed by atoms with Crippen LogP contribution >= 0.6 is 0 Å². The van der Waals surface area contributed by atoms with E-state index < -0.39 is 0 Å². The third-order valence-electron chi connectivity index (χ3n) is 4.68. The van der Waals surface area contributed by atoms with E-state index in [0.717, 1.165) is 32.4 Å². The molecule has 6 heteroatoms. The summed E-state index contributed by atoms with van der Waals surface area (Å²) in [6, 6.07) is 0. The summed E-state index contributed by atoms with van der Waals surface area (Å²) in [6.07, 6.45) is 3.38. The van der Waals surface area contributed by atoms with Crippen LogP contribution in [-0.4, -0.2) is 57.3 Å². The lowest BCUT2D eigenvalue weighted by Crippen LogP contribution is -2.37. The van der Waals surface area contributed by atoms with E-state index in [4.69, 9.17) is 14.2 Å². The second kappa shape index (κ2) is 10.2. The molecule has 1 aliphatic rings. The molecule has 0 radical (unpaired) electrons. The van der Waals surface area contributed by atoms with Crippen molar-refractivity contribution in [2.45, 2.75) is 64.6 Å². The molecule has 0 bridgehead atoms. The molecule has 0 unspecified atom stereocenters. The highest BCUT2D eigenvalue weighted by Gasteiger charge is 2.22. The topological polar surface area (TPSA) is 68.8 Å². The number of hydrogen-bond acceptors (Lipinski definition) is 5. The monoisotopic (exact) mass is 344 g/mol. The van der Waals surface area contributed by atoms with E-state index in [2.05, 4.69) is 10.6 Å². The summed E-state index contributed by atoms with van der Waals surface area (Å²) < 4.78 is 16.6. The maximum absolute atomic E-state index is 11.7. The molecule has 1 saturated heterocycles. The number of hydrogen-bond donors (Lipinski definition) is 2. The first-order valence-corrected chi connectivity index (χ1v) is 9.04. The molecule has 1 rings (SSSR count). The molecule has 0 saturated carbocycles. The van der Waals surface area contributed by atoms with Crippen molar-refractivity contribution < 1.29 is 19.0 Å². The van der Waals surface area contributed by atoms with Gasteiger partial charge in [-0.2, -0.15) is 0 Å². The average Bonchev–Trinajstić information content (AvgIpc) is 2.53. The predicted octanol–water partition coefficient (Wildman–Crippen LogP) is 2.71. The summed E-state index contributed by atoms with van der Waals surface area (Å²) in [7, 11) is 1.71. The molecular formula is C18H36N2O4. The fraction of sp³-hybridized carbons (Fsp3) is 0.944. The molecule has 6 nitrogen and oxygen atoms in total. The Hall–Kier alpha value is -0.850. The summed E-state index contributed by atoms with van der Waals surface area (Å²) in [5, 5.41) is 6.18. The Balaban J connectivity index is 2.11. The van der Waals surface area contributed by atoms with E-state index >= 15 is 0 Å². The van der Waals surface area contributed by atoms with E-state index in [1.807, 2.05) is 27.7 Å². The normalized spacial score (nSPS) is 16.9. The van der Waals surface area contributed by atoms with Gasteiger partial charge in [0.2, 0.25) is 0 Å². The van der Waals surface area contributed by atoms with Crippen LogP contribution in [0.2, 0.25) is 0 Å². The maximum Gasteiger partial charge on any atom is 0.407 e. The Morgan fingerprint density at radius 3 is 2.33 bits per heavy atom. The van der Waals surface area contributed by atoms with Gasteiger partial charge in [-0.3, -0.25) is 0 Å². The number of piperidine rings is 1. The van der Waals surface area contributed by atoms with Crippen molar-refractivity contribution in [3.05, 3.63) is 0 Å². The first kappa shape index (κ1) is 21.2. The van der Waals surface area contributed by atoms with E-state index in [1.165, 1.54) is 0 Å². The number of carbonyl (C=O) groups is 1. The molecule has 0 spiro atoms. The van der Waals surface area contributed by atoms with Crippen LogP contribution in [0.15, 0.2) is 0 Å². The summed E-state index contributed by atoms with van der Waals surface area (Å²) in [5.74, 6) is 0.558. The zero-order valence-electron chi connectivity index (χ0n) is 16.1. The fourth-order valence-corrected chi connectivity index (χ4v) is 2.50. The molecule has 24 heavy (non-hydrogen) atoms. The maximum atomic E-state index is 11.7. The third kappa shape index (κ3) is 9.45. The molecule has 0 aromatic rings. The molecular weight excluding hydrogens is 308 g/mol. The number of rotatable bonds is 10. The van der Waals surface area contributed by atoms with Crippen molar-refractivity contribution in [3.63, 3.8) is 0 Å². The molecule has 2 N–H and O–H groups in total. The van der Waals surface area contributed by atoms with Gasteiger partial charge in [0.1, 0.15) is 0 Å². The molecule has 142 valence electrons. The molecule has 0 aromatic carbocycles. The Labute approximate surface area is 147 Å². The van der Waals surface area contributed by atoms with Gasteiger partial charge >= 0.3 is 6.09 Å². The summed E-state index contributed by atoms with van der Waals surface area (Å²) >= 11 is 0. The SMILES string of the molecule is COC(C)(C)CCOC(C)(C)CCOC(=O)NCC1CCNCC1. The van der Waals surface area contributed by atoms with E-state index in [0.29, 0.717) is 32.1 Å². The summed E-state index contributed by atoms with van der Waals surface area (Å²) in [4.78, 5) is 11.7. The minimum atomic E-state index is -0.329. The second-order valence-electron chi connectivity index (χ2n) is 7.78. The van der Waals surface area contributed by atoms with Gasteiger partial charge < -0.3 is 24.8 Å². The van der Waals surface area contributed by atoms with Gasteiger partial charge in [-0.1, -0.05) is 0 Å². The Kier molecular flexibility index (Phi) is 9.02. The van der Waals surface area contributed by atoms with Crippen molar-refractivity contribution in [1.29, 1.82) is 0 Å². The Morgan fingerprint density at radius 1 is 1.08 bits per heavy atom. The number of amides is 1. The van der Waals surface area contributed by atoms with E-state index in [9.17, 15) is 4.79 Å². The van der Waals surface area contributed by atoms with Crippen LogP contribution in [0.5, 0.6) is 0 Å². The molecule has 1 heterocycles. The van der Waals surface area contributed by atoms with Crippen molar-refractivity contribution in [2.75, 3.05) is 40.0 Å². The van der Waals surface area contributed by atoms with Gasteiger partial charge in [0.25, 0.3) is 0 Å². The standard InChI is InChI=1S/C18H36N2O4/c1-17(2,22-5)9-13-24-18(3,4)8-12-23-16(21)20-14-15-6-10-19-11-7-15/h15,19H,6-14H2,1-5H3,(H,20,21). The van der Waals surface area contributed by atoms with Gasteiger partial charge in [-0.25, -0.2) is 4.79 Å². The third-order valence-corrected chi connectivity index (χ3v) is 4.68. The number of nitrogens with one attached hydrogen (secondary N) is 2. The lowest BCUT2D eigenvalue weighted by molar-refractivity contribution is -0.0662. The van der Waals surface area contributed by atoms with Gasteiger partial charge in [-0.15, -0.1) is 0 Å². The summed E-state index contributed by atoms with van der Waals surface area (Å²) in [6.45, 7) is 11.9. The predicted molar refractivity (Wildman–Crippen MR) is 95.3 cm³/mol. The minimum Gasteiger partial charge on any atom is -0.449 e. The fourth-order valence-electron chi connectivity index (χ4n) is 2.50. The number of methoxy groups -OCH3 is 1. The van der Waals surface area contributed by atoms with Crippen molar-refractivity contribution in [3.8, 4) is 0 Å². The van der Waals surface area contributed by atoms with Gasteiger partial charge in [0.15, 0.2) is 0 Å². The molecule has 0 atom stereocenters. The molecule has 0 aromatic heterocycles. The van der Waals surface area contributed by atoms with E-state index in [1.54, 1.807) is 7.11 Å². The lowest BCUT2D eigenvalue weighted by Gasteiger charge is -2.28. The van der Waals surface area contributed by atoms with Crippen LogP contribution in [0, 0.1) is 5.92 Å².